The van der Waals surface area contributed by atoms with Gasteiger partial charge in [-0.05, 0) is 49.6 Å². The number of nitrogens with two attached hydrogens (primary N) is 1. The molecule has 4 rings (SSSR count). The Balaban J connectivity index is 0.000000338. The van der Waals surface area contributed by atoms with Crippen molar-refractivity contribution in [3.8, 4) is 10.6 Å². The summed E-state index contributed by atoms with van der Waals surface area (Å²) in [5.74, 6) is -1.10. The Morgan fingerprint density at radius 2 is 1.47 bits per heavy atom. The largest absolute Gasteiger partial charge is 0.397 e. The number of hydrogen-bond acceptors (Lipinski definition) is 10. The second kappa shape index (κ2) is 9.55. The zero-order valence-electron chi connectivity index (χ0n) is 18.9. The monoisotopic (exact) mass is 556 g/mol. The fourth-order valence-electron chi connectivity index (χ4n) is 3.44. The minimum atomic E-state index is -4.55. The molecule has 6 N–H and O–H groups in total. The average molecular weight is 557 g/mol. The summed E-state index contributed by atoms with van der Waals surface area (Å²) < 4.78 is 66.1. The second-order valence-corrected chi connectivity index (χ2v) is 11.5. The first-order valence-electron chi connectivity index (χ1n) is 9.89. The van der Waals surface area contributed by atoms with Gasteiger partial charge in [0.15, 0.2) is 0 Å². The molecule has 3 aromatic rings. The number of benzene rings is 2. The fourth-order valence-corrected chi connectivity index (χ4v) is 6.52. The minimum Gasteiger partial charge on any atom is -0.397 e. The first kappa shape index (κ1) is 27.2. The van der Waals surface area contributed by atoms with Gasteiger partial charge < -0.3 is 5.73 Å². The van der Waals surface area contributed by atoms with Gasteiger partial charge in [-0.1, -0.05) is 6.07 Å². The van der Waals surface area contributed by atoms with Crippen molar-refractivity contribution in [2.45, 2.75) is 37.0 Å². The molecule has 192 valence electrons. The molecule has 4 amide bonds. The van der Waals surface area contributed by atoms with Crippen LogP contribution in [0, 0.1) is 20.8 Å². The van der Waals surface area contributed by atoms with Crippen molar-refractivity contribution in [3.05, 3.63) is 34.9 Å². The maximum atomic E-state index is 11.8. The fraction of sp³-hybridized carbons (Fsp3) is 0.200. The van der Waals surface area contributed by atoms with Gasteiger partial charge in [-0.25, -0.2) is 9.78 Å². The number of aromatic nitrogens is 1. The highest BCUT2D eigenvalue weighted by molar-refractivity contribution is 7.86. The standard InChI is InChI=1S/C16H16N2O6S3.C4H4N2O3/c1-7-5-10(6-11(12(7)17)26(19,20)21)16-18-13-8(2)4-9(3)15(14(13)25-16)27(22,23)24;7-2-1-3(8)6-4(9)5-2/h4-6H,17H2,1-3H3,(H,19,20,21)(H,22,23,24);1H2,(H2,5,6,7,8,9). The number of thiazole rings is 1. The number of barbiturate groups is 1. The number of carbonyl (C=O) groups is 3. The number of aryl methyl sites for hydroxylation is 3. The van der Waals surface area contributed by atoms with E-state index in [0.29, 0.717) is 32.8 Å². The number of hydrogen-bond donors (Lipinski definition) is 5. The number of amides is 4. The van der Waals surface area contributed by atoms with Crippen LogP contribution in [0.1, 0.15) is 23.1 Å². The highest BCUT2D eigenvalue weighted by Crippen LogP contribution is 2.39. The van der Waals surface area contributed by atoms with Gasteiger partial charge in [0.1, 0.15) is 21.2 Å². The summed E-state index contributed by atoms with van der Waals surface area (Å²) in [6.07, 6.45) is -0.258. The van der Waals surface area contributed by atoms with Crippen LogP contribution >= 0.6 is 11.3 Å². The Hall–Kier alpha value is -3.44. The molecular weight excluding hydrogens is 536 g/mol. The van der Waals surface area contributed by atoms with E-state index in [9.17, 15) is 40.3 Å². The van der Waals surface area contributed by atoms with Gasteiger partial charge in [-0.3, -0.25) is 29.3 Å². The molecule has 13 nitrogen and oxygen atoms in total. The number of anilines is 1. The maximum Gasteiger partial charge on any atom is 0.328 e. The molecule has 36 heavy (non-hydrogen) atoms. The Kier molecular flexibility index (Phi) is 7.20. The third kappa shape index (κ3) is 5.68. The Morgan fingerprint density at radius 3 is 1.97 bits per heavy atom. The van der Waals surface area contributed by atoms with E-state index in [1.54, 1.807) is 32.9 Å². The first-order valence-corrected chi connectivity index (χ1v) is 13.6. The van der Waals surface area contributed by atoms with Crippen LogP contribution in [-0.2, 0) is 29.8 Å². The number of urea groups is 1. The summed E-state index contributed by atoms with van der Waals surface area (Å²) >= 11 is 0.999. The number of rotatable bonds is 3. The van der Waals surface area contributed by atoms with E-state index in [0.717, 1.165) is 11.3 Å². The summed E-state index contributed by atoms with van der Waals surface area (Å²) in [6.45, 7) is 4.91. The van der Waals surface area contributed by atoms with E-state index in [1.165, 1.54) is 6.07 Å². The molecule has 1 aliphatic rings. The molecule has 0 bridgehead atoms. The van der Waals surface area contributed by atoms with Crippen LogP contribution in [0.5, 0.6) is 0 Å². The van der Waals surface area contributed by atoms with E-state index in [4.69, 9.17) is 5.73 Å². The number of nitrogen functional groups attached to an aromatic ring is 1. The van der Waals surface area contributed by atoms with Gasteiger partial charge in [-0.2, -0.15) is 16.8 Å². The van der Waals surface area contributed by atoms with E-state index < -0.39 is 43.0 Å². The van der Waals surface area contributed by atoms with Crippen LogP contribution in [0.4, 0.5) is 10.5 Å². The lowest BCUT2D eigenvalue weighted by molar-refractivity contribution is -0.129. The average Bonchev–Trinajstić information content (AvgIpc) is 3.12. The van der Waals surface area contributed by atoms with Crippen molar-refractivity contribution in [2.24, 2.45) is 0 Å². The van der Waals surface area contributed by atoms with Crippen LogP contribution in [0.15, 0.2) is 28.0 Å². The minimum absolute atomic E-state index is 0.0759. The molecule has 2 aromatic carbocycles. The van der Waals surface area contributed by atoms with Crippen molar-refractivity contribution in [2.75, 3.05) is 5.73 Å². The smallest absolute Gasteiger partial charge is 0.328 e. The van der Waals surface area contributed by atoms with Crippen molar-refractivity contribution < 1.29 is 40.3 Å². The second-order valence-electron chi connectivity index (χ2n) is 7.79. The molecule has 0 unspecified atom stereocenters. The van der Waals surface area contributed by atoms with Gasteiger partial charge in [0.25, 0.3) is 20.2 Å². The SMILES string of the molecule is Cc1cc(-c2nc3c(C)cc(C)c(S(=O)(=O)O)c3s2)cc(S(=O)(=O)O)c1N.O=C1CC(=O)NC(=O)N1. The first-order chi connectivity index (χ1) is 16.5. The van der Waals surface area contributed by atoms with Gasteiger partial charge in [-0.15, -0.1) is 11.3 Å². The topological polar surface area (TPSA) is 223 Å². The van der Waals surface area contributed by atoms with Crippen molar-refractivity contribution in [3.63, 3.8) is 0 Å². The predicted molar refractivity (Wildman–Crippen MR) is 130 cm³/mol. The predicted octanol–water partition coefficient (Wildman–Crippen LogP) is 1.71. The molecule has 0 atom stereocenters. The number of fused-ring (bicyclic) bond motifs is 1. The lowest BCUT2D eigenvalue weighted by Crippen LogP contribution is -2.49. The Morgan fingerprint density at radius 1 is 0.889 bits per heavy atom. The van der Waals surface area contributed by atoms with E-state index in [-0.39, 0.29) is 21.7 Å². The summed E-state index contributed by atoms with van der Waals surface area (Å²) in [5, 5.41) is 4.13. The van der Waals surface area contributed by atoms with Gasteiger partial charge >= 0.3 is 6.03 Å². The third-order valence-electron chi connectivity index (χ3n) is 4.96. The van der Waals surface area contributed by atoms with Crippen molar-refractivity contribution in [1.29, 1.82) is 0 Å². The zero-order valence-corrected chi connectivity index (χ0v) is 21.4. The lowest BCUT2D eigenvalue weighted by Gasteiger charge is -2.09. The van der Waals surface area contributed by atoms with E-state index in [2.05, 4.69) is 4.98 Å². The molecule has 1 fully saturated rings. The summed E-state index contributed by atoms with van der Waals surface area (Å²) in [5.41, 5.74) is 7.92. The highest BCUT2D eigenvalue weighted by Gasteiger charge is 2.24. The van der Waals surface area contributed by atoms with Crippen LogP contribution in [0.25, 0.3) is 20.8 Å². The van der Waals surface area contributed by atoms with Crippen molar-refractivity contribution in [1.82, 2.24) is 15.6 Å². The van der Waals surface area contributed by atoms with Crippen molar-refractivity contribution >= 4 is 65.3 Å². The molecule has 1 aromatic heterocycles. The normalized spacial score (nSPS) is 14.2. The molecule has 2 heterocycles. The number of nitrogens with one attached hydrogen (secondary N) is 2. The van der Waals surface area contributed by atoms with Gasteiger partial charge in [0.2, 0.25) is 11.8 Å². The van der Waals surface area contributed by atoms with Gasteiger partial charge in [0, 0.05) is 5.56 Å². The molecule has 0 saturated carbocycles. The van der Waals surface area contributed by atoms with Crippen LogP contribution in [0.3, 0.4) is 0 Å². The Labute approximate surface area is 209 Å². The van der Waals surface area contributed by atoms with Crippen LogP contribution in [0.2, 0.25) is 0 Å². The molecular formula is C20H20N4O9S3. The lowest BCUT2D eigenvalue weighted by atomic mass is 10.1. The summed E-state index contributed by atoms with van der Waals surface area (Å²) in [4.78, 5) is 34.5. The summed E-state index contributed by atoms with van der Waals surface area (Å²) in [6, 6.07) is 3.64. The number of nitrogens with zero attached hydrogens (tertiary/aromatic N) is 1. The molecule has 16 heteroatoms. The van der Waals surface area contributed by atoms with Gasteiger partial charge in [0.05, 0.1) is 15.9 Å². The maximum absolute atomic E-state index is 11.8. The van der Waals surface area contributed by atoms with Crippen LogP contribution in [-0.4, -0.2) is 48.8 Å². The molecule has 1 saturated heterocycles. The molecule has 1 aliphatic heterocycles. The summed E-state index contributed by atoms with van der Waals surface area (Å²) in [7, 11) is -9.02. The number of carbonyl (C=O) groups excluding carboxylic acids is 3. The molecule has 0 spiro atoms. The van der Waals surface area contributed by atoms with E-state index >= 15 is 0 Å². The molecule has 0 aliphatic carbocycles. The quantitative estimate of drug-likeness (QED) is 0.177. The Bertz CT molecular complexity index is 1610. The van der Waals surface area contributed by atoms with E-state index in [1.807, 2.05) is 10.6 Å². The molecule has 0 radical (unpaired) electrons. The zero-order chi connectivity index (χ0) is 27.2. The van der Waals surface area contributed by atoms with Crippen LogP contribution < -0.4 is 16.4 Å². The highest BCUT2D eigenvalue weighted by atomic mass is 32.2. The third-order valence-corrected chi connectivity index (χ3v) is 8.14. The number of imide groups is 2.